The lowest BCUT2D eigenvalue weighted by atomic mass is 10.0. The lowest BCUT2D eigenvalue weighted by Gasteiger charge is -2.37. The van der Waals surface area contributed by atoms with E-state index < -0.39 is 28.6 Å². The van der Waals surface area contributed by atoms with Gasteiger partial charge in [0.05, 0.1) is 12.6 Å². The number of nitrogens with zero attached hydrogens (tertiary/aromatic N) is 3. The van der Waals surface area contributed by atoms with Crippen molar-refractivity contribution in [3.8, 4) is 5.75 Å². The van der Waals surface area contributed by atoms with Crippen LogP contribution in [0.4, 0.5) is 0 Å². The third kappa shape index (κ3) is 3.61. The first kappa shape index (κ1) is 20.5. The van der Waals surface area contributed by atoms with Crippen LogP contribution in [0.3, 0.4) is 0 Å². The third-order valence-corrected chi connectivity index (χ3v) is 5.70. The number of amides is 1. The van der Waals surface area contributed by atoms with Gasteiger partial charge < -0.3 is 24.6 Å². The van der Waals surface area contributed by atoms with E-state index in [1.807, 2.05) is 66.6 Å². The summed E-state index contributed by atoms with van der Waals surface area (Å²) >= 11 is 0. The third-order valence-electron chi connectivity index (χ3n) is 5.70. The highest BCUT2D eigenvalue weighted by molar-refractivity contribution is 5.98. The molecule has 8 heteroatoms. The Morgan fingerprint density at radius 2 is 1.90 bits per heavy atom. The van der Waals surface area contributed by atoms with E-state index in [2.05, 4.69) is 0 Å². The van der Waals surface area contributed by atoms with Crippen molar-refractivity contribution < 1.29 is 19.8 Å². The molecule has 2 aliphatic rings. The molecule has 1 saturated heterocycles. The summed E-state index contributed by atoms with van der Waals surface area (Å²) in [5.41, 5.74) is -0.693. The number of aromatic hydroxyl groups is 1. The highest BCUT2D eigenvalue weighted by atomic mass is 16.4. The second-order valence-electron chi connectivity index (χ2n) is 7.63. The van der Waals surface area contributed by atoms with E-state index in [4.69, 9.17) is 0 Å². The predicted octanol–water partition coefficient (Wildman–Crippen LogP) is 2.05. The SMILES string of the molecule is C/C=C\C=C/N1C[C@H](Cc2ccccc2)N2C(=O)c3c(O)c(=O)c(C(=O)O)cn3C[C@@H]12. The number of carbonyl (C=O) groups excluding carboxylic acids is 1. The zero-order chi connectivity index (χ0) is 22.1. The number of fused-ring (bicyclic) bond motifs is 2. The number of aromatic carboxylic acids is 1. The van der Waals surface area contributed by atoms with Crippen molar-refractivity contribution in [3.05, 3.63) is 88.0 Å². The maximum Gasteiger partial charge on any atom is 0.341 e. The van der Waals surface area contributed by atoms with E-state index >= 15 is 0 Å². The topological polar surface area (TPSA) is 103 Å². The molecule has 31 heavy (non-hydrogen) atoms. The number of hydrogen-bond donors (Lipinski definition) is 2. The molecule has 2 atom stereocenters. The normalized spacial score (nSPS) is 20.5. The Bertz CT molecular complexity index is 1140. The molecule has 1 fully saturated rings. The van der Waals surface area contributed by atoms with Crippen molar-refractivity contribution >= 4 is 11.9 Å². The molecule has 2 aromatic rings. The van der Waals surface area contributed by atoms with E-state index in [-0.39, 0.29) is 24.4 Å². The van der Waals surface area contributed by atoms with Crippen LogP contribution in [0.15, 0.2) is 65.8 Å². The number of carboxylic acid groups (broad SMARTS) is 1. The largest absolute Gasteiger partial charge is 0.503 e. The molecular formula is C23H23N3O5. The highest BCUT2D eigenvalue weighted by Gasteiger charge is 2.46. The van der Waals surface area contributed by atoms with E-state index in [9.17, 15) is 24.6 Å². The smallest absolute Gasteiger partial charge is 0.341 e. The average molecular weight is 421 g/mol. The Balaban J connectivity index is 1.77. The monoisotopic (exact) mass is 421 g/mol. The van der Waals surface area contributed by atoms with E-state index in [0.29, 0.717) is 13.0 Å². The van der Waals surface area contributed by atoms with Gasteiger partial charge in [-0.2, -0.15) is 0 Å². The van der Waals surface area contributed by atoms with Crippen LogP contribution in [0, 0.1) is 0 Å². The van der Waals surface area contributed by atoms with Crippen LogP contribution in [0.25, 0.3) is 0 Å². The first-order chi connectivity index (χ1) is 14.9. The molecule has 0 spiro atoms. The van der Waals surface area contributed by atoms with Crippen LogP contribution < -0.4 is 5.43 Å². The molecular weight excluding hydrogens is 398 g/mol. The molecule has 4 rings (SSSR count). The summed E-state index contributed by atoms with van der Waals surface area (Å²) in [7, 11) is 0. The molecule has 1 aromatic heterocycles. The molecule has 0 unspecified atom stereocenters. The molecule has 1 aromatic carbocycles. The summed E-state index contributed by atoms with van der Waals surface area (Å²) in [6.45, 7) is 2.72. The Kier molecular flexibility index (Phi) is 5.37. The van der Waals surface area contributed by atoms with Gasteiger partial charge >= 0.3 is 5.97 Å². The van der Waals surface area contributed by atoms with E-state index in [0.717, 1.165) is 11.8 Å². The maximum atomic E-state index is 13.4. The van der Waals surface area contributed by atoms with E-state index in [1.165, 1.54) is 4.57 Å². The van der Waals surface area contributed by atoms with Crippen molar-refractivity contribution in [2.75, 3.05) is 6.54 Å². The van der Waals surface area contributed by atoms with Gasteiger partial charge in [0.2, 0.25) is 5.43 Å². The summed E-state index contributed by atoms with van der Waals surface area (Å²) < 4.78 is 1.38. The van der Waals surface area contributed by atoms with Crippen LogP contribution in [-0.2, 0) is 13.0 Å². The number of rotatable bonds is 5. The predicted molar refractivity (Wildman–Crippen MR) is 114 cm³/mol. The molecule has 0 saturated carbocycles. The number of allylic oxidation sites excluding steroid dienone is 3. The maximum absolute atomic E-state index is 13.4. The molecule has 0 aliphatic carbocycles. The highest BCUT2D eigenvalue weighted by Crippen LogP contribution is 2.33. The van der Waals surface area contributed by atoms with Crippen LogP contribution in [-0.4, -0.2) is 55.2 Å². The van der Waals surface area contributed by atoms with Gasteiger partial charge in [0.15, 0.2) is 11.4 Å². The lowest BCUT2D eigenvalue weighted by Crippen LogP contribution is -2.52. The molecule has 3 heterocycles. The standard InChI is InChI=1S/C23H23N3O5/c1-2-3-7-10-24-12-16(11-15-8-5-4-6-9-15)26-18(24)14-25-13-17(23(30)31)20(27)21(28)19(25)22(26)29/h2-10,13,16,18,28H,11-12,14H2,1H3,(H,30,31)/b3-2-,10-7-/t16-,18-/m0/s1. The summed E-state index contributed by atoms with van der Waals surface area (Å²) in [6.07, 6.45) is 8.98. The minimum absolute atomic E-state index is 0.163. The summed E-state index contributed by atoms with van der Waals surface area (Å²) in [5, 5.41) is 19.7. The van der Waals surface area contributed by atoms with Crippen LogP contribution >= 0.6 is 0 Å². The molecule has 8 nitrogen and oxygen atoms in total. The minimum atomic E-state index is -1.44. The summed E-state index contributed by atoms with van der Waals surface area (Å²) in [4.78, 5) is 40.9. The van der Waals surface area contributed by atoms with Crippen molar-refractivity contribution in [2.45, 2.75) is 32.1 Å². The first-order valence-corrected chi connectivity index (χ1v) is 10.0. The average Bonchev–Trinajstić information content (AvgIpc) is 3.08. The van der Waals surface area contributed by atoms with Gasteiger partial charge in [-0.05, 0) is 25.0 Å². The molecule has 2 N–H and O–H groups in total. The molecule has 2 aliphatic heterocycles. The second-order valence-corrected chi connectivity index (χ2v) is 7.63. The van der Waals surface area contributed by atoms with Gasteiger partial charge in [-0.3, -0.25) is 9.59 Å². The van der Waals surface area contributed by atoms with Gasteiger partial charge in [-0.1, -0.05) is 42.5 Å². The zero-order valence-electron chi connectivity index (χ0n) is 17.0. The Labute approximate surface area is 178 Å². The Hall–Kier alpha value is -3.81. The molecule has 160 valence electrons. The summed E-state index contributed by atoms with van der Waals surface area (Å²) in [6, 6.07) is 9.64. The fraction of sp³-hybridized carbons (Fsp3) is 0.261. The van der Waals surface area contributed by atoms with Gasteiger partial charge in [0.1, 0.15) is 11.7 Å². The summed E-state index contributed by atoms with van der Waals surface area (Å²) in [5.74, 6) is -2.74. The van der Waals surface area contributed by atoms with Gasteiger partial charge in [0.25, 0.3) is 5.91 Å². The first-order valence-electron chi connectivity index (χ1n) is 10.0. The van der Waals surface area contributed by atoms with Crippen molar-refractivity contribution in [2.24, 2.45) is 0 Å². The van der Waals surface area contributed by atoms with Crippen LogP contribution in [0.1, 0.15) is 33.3 Å². The fourth-order valence-electron chi connectivity index (χ4n) is 4.30. The fourth-order valence-corrected chi connectivity index (χ4v) is 4.30. The number of aromatic nitrogens is 1. The number of benzene rings is 1. The lowest BCUT2D eigenvalue weighted by molar-refractivity contribution is 0.0491. The number of carboxylic acids is 1. The van der Waals surface area contributed by atoms with Crippen molar-refractivity contribution in [3.63, 3.8) is 0 Å². The number of carbonyl (C=O) groups is 2. The van der Waals surface area contributed by atoms with Crippen LogP contribution in [0.5, 0.6) is 5.75 Å². The van der Waals surface area contributed by atoms with Gasteiger partial charge in [-0.15, -0.1) is 0 Å². The Morgan fingerprint density at radius 1 is 1.16 bits per heavy atom. The quantitative estimate of drug-likeness (QED) is 0.717. The van der Waals surface area contributed by atoms with E-state index in [1.54, 1.807) is 4.90 Å². The Morgan fingerprint density at radius 3 is 2.58 bits per heavy atom. The van der Waals surface area contributed by atoms with Crippen LogP contribution in [0.2, 0.25) is 0 Å². The molecule has 0 bridgehead atoms. The van der Waals surface area contributed by atoms with Crippen molar-refractivity contribution in [1.82, 2.24) is 14.4 Å². The minimum Gasteiger partial charge on any atom is -0.503 e. The zero-order valence-corrected chi connectivity index (χ0v) is 17.0. The number of pyridine rings is 1. The van der Waals surface area contributed by atoms with Gasteiger partial charge in [-0.25, -0.2) is 4.79 Å². The molecule has 0 radical (unpaired) electrons. The molecule has 1 amide bonds. The van der Waals surface area contributed by atoms with Crippen molar-refractivity contribution in [1.29, 1.82) is 0 Å². The second kappa shape index (κ2) is 8.14. The number of hydrogen-bond acceptors (Lipinski definition) is 5. The van der Waals surface area contributed by atoms with Gasteiger partial charge in [0, 0.05) is 18.9 Å².